The van der Waals surface area contributed by atoms with Gasteiger partial charge in [0.25, 0.3) is 11.8 Å². The van der Waals surface area contributed by atoms with E-state index in [9.17, 15) is 22.8 Å². The molecule has 1 fully saturated rings. The highest BCUT2D eigenvalue weighted by Gasteiger charge is 2.40. The standard InChI is InChI=1S/C23H23F3N4O2/c1-13-10-14(2)12-30(11-13)22(32)15-6-8-16(9-7-15)28-29-20-17-4-3-5-18(23(24,25)26)19(17)27-21(20)31/h3-9,13-14,20H,10-12H2,1-2H3,(H,27,31). The van der Waals surface area contributed by atoms with Gasteiger partial charge >= 0.3 is 6.18 Å². The lowest BCUT2D eigenvalue weighted by molar-refractivity contribution is -0.136. The van der Waals surface area contributed by atoms with Gasteiger partial charge < -0.3 is 10.2 Å². The Kier molecular flexibility index (Phi) is 5.75. The van der Waals surface area contributed by atoms with Crippen LogP contribution in [-0.4, -0.2) is 29.8 Å². The first-order valence-corrected chi connectivity index (χ1v) is 10.4. The molecule has 1 N–H and O–H groups in total. The van der Waals surface area contributed by atoms with Crippen molar-refractivity contribution in [2.24, 2.45) is 22.1 Å². The van der Waals surface area contributed by atoms with Gasteiger partial charge in [0.1, 0.15) is 0 Å². The van der Waals surface area contributed by atoms with Crippen molar-refractivity contribution in [3.05, 3.63) is 59.2 Å². The Morgan fingerprint density at radius 2 is 1.72 bits per heavy atom. The number of azo groups is 1. The summed E-state index contributed by atoms with van der Waals surface area (Å²) in [5.41, 5.74) is -0.127. The second-order valence-electron chi connectivity index (χ2n) is 8.58. The van der Waals surface area contributed by atoms with Crippen molar-refractivity contribution < 1.29 is 22.8 Å². The number of piperidine rings is 1. The summed E-state index contributed by atoms with van der Waals surface area (Å²) >= 11 is 0. The number of likely N-dealkylation sites (tertiary alicyclic amines) is 1. The smallest absolute Gasteiger partial charge is 0.338 e. The molecule has 0 aromatic heterocycles. The number of carbonyl (C=O) groups excluding carboxylic acids is 2. The fourth-order valence-electron chi connectivity index (χ4n) is 4.43. The molecule has 32 heavy (non-hydrogen) atoms. The number of rotatable bonds is 3. The molecule has 3 unspecified atom stereocenters. The van der Waals surface area contributed by atoms with Crippen LogP contribution in [-0.2, 0) is 11.0 Å². The summed E-state index contributed by atoms with van der Waals surface area (Å²) in [6.45, 7) is 5.71. The number of carbonyl (C=O) groups is 2. The zero-order chi connectivity index (χ0) is 23.0. The van der Waals surface area contributed by atoms with Gasteiger partial charge in [-0.1, -0.05) is 26.0 Å². The van der Waals surface area contributed by atoms with Crippen LogP contribution in [0.15, 0.2) is 52.7 Å². The van der Waals surface area contributed by atoms with Gasteiger partial charge in [0, 0.05) is 24.2 Å². The fourth-order valence-corrected chi connectivity index (χ4v) is 4.43. The summed E-state index contributed by atoms with van der Waals surface area (Å²) in [6, 6.07) is 8.92. The molecule has 0 spiro atoms. The number of anilines is 1. The van der Waals surface area contributed by atoms with E-state index in [-0.39, 0.29) is 17.2 Å². The van der Waals surface area contributed by atoms with E-state index >= 15 is 0 Å². The van der Waals surface area contributed by atoms with Crippen LogP contribution in [0, 0.1) is 11.8 Å². The number of halogens is 3. The van der Waals surface area contributed by atoms with Crippen molar-refractivity contribution in [2.45, 2.75) is 32.5 Å². The maximum Gasteiger partial charge on any atom is 0.418 e. The molecule has 3 atom stereocenters. The van der Waals surface area contributed by atoms with E-state index in [1.54, 1.807) is 24.3 Å². The number of amides is 2. The molecule has 0 bridgehead atoms. The van der Waals surface area contributed by atoms with Crippen molar-refractivity contribution in [1.82, 2.24) is 4.90 Å². The molecule has 2 heterocycles. The van der Waals surface area contributed by atoms with E-state index in [0.717, 1.165) is 25.6 Å². The number of hydrogen-bond acceptors (Lipinski definition) is 4. The average Bonchev–Trinajstić information content (AvgIpc) is 3.05. The molecule has 6 nitrogen and oxygen atoms in total. The van der Waals surface area contributed by atoms with Gasteiger partial charge in [-0.3, -0.25) is 9.59 Å². The summed E-state index contributed by atoms with van der Waals surface area (Å²) in [4.78, 5) is 26.9. The number of hydrogen-bond donors (Lipinski definition) is 1. The normalized spacial score (nSPS) is 23.3. The Morgan fingerprint density at radius 1 is 1.06 bits per heavy atom. The Bertz CT molecular complexity index is 1060. The maximum atomic E-state index is 13.2. The third-order valence-corrected chi connectivity index (χ3v) is 5.75. The zero-order valence-corrected chi connectivity index (χ0v) is 17.7. The average molecular weight is 444 g/mol. The van der Waals surface area contributed by atoms with Crippen LogP contribution >= 0.6 is 0 Å². The van der Waals surface area contributed by atoms with Crippen LogP contribution in [0.25, 0.3) is 0 Å². The molecule has 2 aromatic rings. The van der Waals surface area contributed by atoms with Gasteiger partial charge in [-0.25, -0.2) is 0 Å². The summed E-state index contributed by atoms with van der Waals surface area (Å²) < 4.78 is 39.6. The maximum absolute atomic E-state index is 13.2. The third-order valence-electron chi connectivity index (χ3n) is 5.75. The van der Waals surface area contributed by atoms with Gasteiger partial charge in [0.05, 0.1) is 16.9 Å². The van der Waals surface area contributed by atoms with E-state index in [4.69, 9.17) is 0 Å². The molecule has 2 amide bonds. The molecular weight excluding hydrogens is 421 g/mol. The predicted molar refractivity (Wildman–Crippen MR) is 113 cm³/mol. The summed E-state index contributed by atoms with van der Waals surface area (Å²) in [6.07, 6.45) is -3.48. The molecule has 0 saturated carbocycles. The van der Waals surface area contributed by atoms with E-state index in [1.165, 1.54) is 12.1 Å². The molecule has 0 aliphatic carbocycles. The SMILES string of the molecule is CC1CC(C)CN(C(=O)c2ccc(N=NC3C(=O)Nc4c3cccc4C(F)(F)F)cc2)C1. The highest BCUT2D eigenvalue weighted by molar-refractivity contribution is 6.03. The monoisotopic (exact) mass is 444 g/mol. The van der Waals surface area contributed by atoms with Gasteiger partial charge in [0.15, 0.2) is 6.04 Å². The van der Waals surface area contributed by atoms with Gasteiger partial charge in [-0.15, -0.1) is 0 Å². The Hall–Kier alpha value is -3.23. The third kappa shape index (κ3) is 4.37. The molecule has 1 saturated heterocycles. The second kappa shape index (κ2) is 8.37. The van der Waals surface area contributed by atoms with E-state index in [0.29, 0.717) is 23.1 Å². The number of alkyl halides is 3. The highest BCUT2D eigenvalue weighted by atomic mass is 19.4. The summed E-state index contributed by atoms with van der Waals surface area (Å²) in [5, 5.41) is 10.3. The molecule has 4 rings (SSSR count). The number of fused-ring (bicyclic) bond motifs is 1. The first-order valence-electron chi connectivity index (χ1n) is 10.4. The quantitative estimate of drug-likeness (QED) is 0.626. The zero-order valence-electron chi connectivity index (χ0n) is 17.7. The second-order valence-corrected chi connectivity index (χ2v) is 8.58. The molecule has 2 aliphatic heterocycles. The highest BCUT2D eigenvalue weighted by Crippen LogP contribution is 2.43. The molecule has 168 valence electrons. The molecule has 2 aromatic carbocycles. The van der Waals surface area contributed by atoms with Crippen LogP contribution in [0.2, 0.25) is 0 Å². The van der Waals surface area contributed by atoms with Crippen molar-refractivity contribution in [2.75, 3.05) is 18.4 Å². The number of nitrogens with one attached hydrogen (secondary N) is 1. The Labute approximate surface area is 183 Å². The summed E-state index contributed by atoms with van der Waals surface area (Å²) in [7, 11) is 0. The van der Waals surface area contributed by atoms with Crippen LogP contribution < -0.4 is 5.32 Å². The summed E-state index contributed by atoms with van der Waals surface area (Å²) in [5.74, 6) is 0.194. The van der Waals surface area contributed by atoms with Crippen LogP contribution in [0.3, 0.4) is 0 Å². The molecule has 0 radical (unpaired) electrons. The van der Waals surface area contributed by atoms with Crippen LogP contribution in [0.4, 0.5) is 24.5 Å². The lowest BCUT2D eigenvalue weighted by Crippen LogP contribution is -2.42. The number of nitrogens with zero attached hydrogens (tertiary/aromatic N) is 3. The first kappa shape index (κ1) is 22.0. The number of benzene rings is 2. The van der Waals surface area contributed by atoms with Crippen molar-refractivity contribution in [3.8, 4) is 0 Å². The Morgan fingerprint density at radius 3 is 2.34 bits per heavy atom. The molecule has 9 heteroatoms. The Balaban J connectivity index is 1.50. The molecular formula is C23H23F3N4O2. The minimum atomic E-state index is -4.59. The van der Waals surface area contributed by atoms with Crippen LogP contribution in [0.1, 0.15) is 47.8 Å². The van der Waals surface area contributed by atoms with E-state index < -0.39 is 23.7 Å². The lowest BCUT2D eigenvalue weighted by atomic mass is 9.91. The van der Waals surface area contributed by atoms with Crippen molar-refractivity contribution in [3.63, 3.8) is 0 Å². The van der Waals surface area contributed by atoms with E-state index in [1.807, 2.05) is 4.90 Å². The largest absolute Gasteiger partial charge is 0.418 e. The van der Waals surface area contributed by atoms with E-state index in [2.05, 4.69) is 29.4 Å². The minimum Gasteiger partial charge on any atom is -0.338 e. The van der Waals surface area contributed by atoms with Gasteiger partial charge in [-0.05, 0) is 48.6 Å². The van der Waals surface area contributed by atoms with Crippen molar-refractivity contribution in [1.29, 1.82) is 0 Å². The van der Waals surface area contributed by atoms with Crippen LogP contribution in [0.5, 0.6) is 0 Å². The predicted octanol–water partition coefficient (Wildman–Crippen LogP) is 5.60. The molecule has 2 aliphatic rings. The fraction of sp³-hybridized carbons (Fsp3) is 0.391. The van der Waals surface area contributed by atoms with Gasteiger partial charge in [-0.2, -0.15) is 23.4 Å². The van der Waals surface area contributed by atoms with Crippen molar-refractivity contribution >= 4 is 23.2 Å². The lowest BCUT2D eigenvalue weighted by Gasteiger charge is -2.35. The first-order chi connectivity index (χ1) is 15.1. The minimum absolute atomic E-state index is 0.0457. The topological polar surface area (TPSA) is 74.1 Å². The number of para-hydroxylation sites is 1. The van der Waals surface area contributed by atoms with Gasteiger partial charge in [0.2, 0.25) is 0 Å².